The van der Waals surface area contributed by atoms with Crippen LogP contribution in [-0.4, -0.2) is 25.2 Å². The van der Waals surface area contributed by atoms with E-state index in [0.717, 1.165) is 5.56 Å². The van der Waals surface area contributed by atoms with Gasteiger partial charge in [-0.15, -0.1) is 0 Å². The number of ether oxygens (including phenoxy) is 2. The van der Waals surface area contributed by atoms with E-state index in [-0.39, 0.29) is 11.7 Å². The van der Waals surface area contributed by atoms with E-state index in [1.807, 2.05) is 6.07 Å². The maximum absolute atomic E-state index is 12.1. The number of anilines is 1. The summed E-state index contributed by atoms with van der Waals surface area (Å²) in [4.78, 5) is 12.1. The van der Waals surface area contributed by atoms with Gasteiger partial charge in [-0.05, 0) is 35.9 Å². The number of fused-ring (bicyclic) bond motifs is 1. The van der Waals surface area contributed by atoms with Gasteiger partial charge in [-0.25, -0.2) is 0 Å². The molecule has 5 nitrogen and oxygen atoms in total. The number of phenols is 1. The lowest BCUT2D eigenvalue weighted by atomic mass is 10.0. The fourth-order valence-corrected chi connectivity index (χ4v) is 2.41. The van der Waals surface area contributed by atoms with Crippen molar-refractivity contribution in [2.75, 3.05) is 19.5 Å². The number of carbonyl (C=O) groups is 1. The Bertz CT molecular complexity index is 780. The van der Waals surface area contributed by atoms with Gasteiger partial charge in [0, 0.05) is 17.2 Å². The van der Waals surface area contributed by atoms with Crippen LogP contribution in [-0.2, 0) is 4.79 Å². The molecule has 0 radical (unpaired) electrons. The van der Waals surface area contributed by atoms with Crippen molar-refractivity contribution in [1.29, 1.82) is 0 Å². The molecular weight excluding hydrogens is 282 g/mol. The molecule has 0 fully saturated rings. The van der Waals surface area contributed by atoms with Crippen LogP contribution in [0.2, 0.25) is 0 Å². The highest BCUT2D eigenvalue weighted by Crippen LogP contribution is 2.36. The van der Waals surface area contributed by atoms with Gasteiger partial charge in [-0.3, -0.25) is 4.79 Å². The Labute approximate surface area is 127 Å². The van der Waals surface area contributed by atoms with Crippen molar-refractivity contribution in [2.24, 2.45) is 0 Å². The number of aromatic hydroxyl groups is 1. The lowest BCUT2D eigenvalue weighted by Gasteiger charge is -2.05. The normalized spacial score (nSPS) is 14.6. The Hall–Kier alpha value is -2.95. The number of methoxy groups -OCH3 is 2. The summed E-state index contributed by atoms with van der Waals surface area (Å²) >= 11 is 0. The van der Waals surface area contributed by atoms with Crippen molar-refractivity contribution >= 4 is 23.2 Å². The first kappa shape index (κ1) is 14.0. The minimum Gasteiger partial charge on any atom is -0.504 e. The molecule has 0 bridgehead atoms. The summed E-state index contributed by atoms with van der Waals surface area (Å²) in [6, 6.07) is 10.4. The third-order valence-electron chi connectivity index (χ3n) is 3.52. The molecule has 2 aromatic carbocycles. The second-order valence-corrected chi connectivity index (χ2v) is 4.85. The zero-order valence-corrected chi connectivity index (χ0v) is 12.2. The standard InChI is InChI=1S/C17H15NO4/c1-21-11-4-5-12-13(17(20)18-14(12)9-11)7-10-3-6-16(22-2)15(19)8-10/h3-9,19H,1-2H3,(H,18,20). The number of amides is 1. The molecule has 1 aliphatic heterocycles. The summed E-state index contributed by atoms with van der Waals surface area (Å²) in [5.74, 6) is 0.925. The highest BCUT2D eigenvalue weighted by Gasteiger charge is 2.24. The van der Waals surface area contributed by atoms with E-state index in [2.05, 4.69) is 5.32 Å². The maximum atomic E-state index is 12.1. The average molecular weight is 297 g/mol. The van der Waals surface area contributed by atoms with E-state index in [4.69, 9.17) is 9.47 Å². The SMILES string of the molecule is COc1ccc2c(c1)NC(=O)C2=Cc1ccc(OC)c(O)c1. The monoisotopic (exact) mass is 297 g/mol. The summed E-state index contributed by atoms with van der Waals surface area (Å²) < 4.78 is 10.2. The minimum absolute atomic E-state index is 0.0326. The fourth-order valence-electron chi connectivity index (χ4n) is 2.41. The number of rotatable bonds is 3. The summed E-state index contributed by atoms with van der Waals surface area (Å²) in [6.45, 7) is 0. The Kier molecular flexibility index (Phi) is 3.47. The fraction of sp³-hybridized carbons (Fsp3) is 0.118. The van der Waals surface area contributed by atoms with Crippen LogP contribution in [0.3, 0.4) is 0 Å². The molecule has 112 valence electrons. The lowest BCUT2D eigenvalue weighted by molar-refractivity contribution is -0.110. The second kappa shape index (κ2) is 5.44. The van der Waals surface area contributed by atoms with E-state index in [0.29, 0.717) is 28.3 Å². The van der Waals surface area contributed by atoms with Crippen LogP contribution in [0.1, 0.15) is 11.1 Å². The Balaban J connectivity index is 2.02. The highest BCUT2D eigenvalue weighted by molar-refractivity contribution is 6.35. The molecule has 1 aliphatic rings. The van der Waals surface area contributed by atoms with Gasteiger partial charge >= 0.3 is 0 Å². The molecule has 0 saturated heterocycles. The lowest BCUT2D eigenvalue weighted by Crippen LogP contribution is -2.03. The molecule has 0 aromatic heterocycles. The molecule has 1 heterocycles. The van der Waals surface area contributed by atoms with Crippen LogP contribution in [0.4, 0.5) is 5.69 Å². The number of hydrogen-bond acceptors (Lipinski definition) is 4. The first-order valence-electron chi connectivity index (χ1n) is 6.71. The van der Waals surface area contributed by atoms with Crippen LogP contribution in [0.25, 0.3) is 11.6 Å². The van der Waals surface area contributed by atoms with Crippen LogP contribution < -0.4 is 14.8 Å². The number of carbonyl (C=O) groups excluding carboxylic acids is 1. The van der Waals surface area contributed by atoms with E-state index in [1.54, 1.807) is 43.5 Å². The van der Waals surface area contributed by atoms with Crippen molar-refractivity contribution < 1.29 is 19.4 Å². The quantitative estimate of drug-likeness (QED) is 0.855. The minimum atomic E-state index is -0.182. The van der Waals surface area contributed by atoms with Gasteiger partial charge < -0.3 is 19.9 Å². The zero-order valence-electron chi connectivity index (χ0n) is 12.2. The molecule has 3 rings (SSSR count). The molecular formula is C17H15NO4. The van der Waals surface area contributed by atoms with Crippen molar-refractivity contribution in [3.8, 4) is 17.2 Å². The second-order valence-electron chi connectivity index (χ2n) is 4.85. The van der Waals surface area contributed by atoms with Gasteiger partial charge in [-0.1, -0.05) is 6.07 Å². The molecule has 5 heteroatoms. The molecule has 0 unspecified atom stereocenters. The number of benzene rings is 2. The molecule has 2 N–H and O–H groups in total. The van der Waals surface area contributed by atoms with Gasteiger partial charge in [0.25, 0.3) is 5.91 Å². The number of hydrogen-bond donors (Lipinski definition) is 2. The van der Waals surface area contributed by atoms with Gasteiger partial charge in [0.2, 0.25) is 0 Å². The van der Waals surface area contributed by atoms with Crippen LogP contribution in [0.15, 0.2) is 36.4 Å². The van der Waals surface area contributed by atoms with Crippen molar-refractivity contribution in [3.63, 3.8) is 0 Å². The third kappa shape index (κ3) is 2.37. The summed E-state index contributed by atoms with van der Waals surface area (Å²) in [5, 5.41) is 12.6. The van der Waals surface area contributed by atoms with Crippen LogP contribution in [0.5, 0.6) is 17.2 Å². The maximum Gasteiger partial charge on any atom is 0.256 e. The van der Waals surface area contributed by atoms with E-state index in [1.165, 1.54) is 7.11 Å². The first-order valence-corrected chi connectivity index (χ1v) is 6.71. The summed E-state index contributed by atoms with van der Waals surface area (Å²) in [6.07, 6.45) is 1.73. The topological polar surface area (TPSA) is 67.8 Å². The highest BCUT2D eigenvalue weighted by atomic mass is 16.5. The zero-order chi connectivity index (χ0) is 15.7. The molecule has 22 heavy (non-hydrogen) atoms. The van der Waals surface area contributed by atoms with Crippen molar-refractivity contribution in [2.45, 2.75) is 0 Å². The molecule has 1 amide bonds. The largest absolute Gasteiger partial charge is 0.504 e. The Morgan fingerprint density at radius 1 is 1.09 bits per heavy atom. The first-order chi connectivity index (χ1) is 10.6. The molecule has 0 aliphatic carbocycles. The predicted molar refractivity (Wildman–Crippen MR) is 84.2 cm³/mol. The van der Waals surface area contributed by atoms with E-state index < -0.39 is 0 Å². The van der Waals surface area contributed by atoms with E-state index >= 15 is 0 Å². The molecule has 2 aromatic rings. The van der Waals surface area contributed by atoms with Gasteiger partial charge in [0.1, 0.15) is 5.75 Å². The Morgan fingerprint density at radius 3 is 2.59 bits per heavy atom. The van der Waals surface area contributed by atoms with Crippen LogP contribution >= 0.6 is 0 Å². The van der Waals surface area contributed by atoms with Crippen molar-refractivity contribution in [1.82, 2.24) is 0 Å². The molecule has 0 saturated carbocycles. The number of nitrogens with one attached hydrogen (secondary N) is 1. The van der Waals surface area contributed by atoms with Crippen LogP contribution in [0, 0.1) is 0 Å². The van der Waals surface area contributed by atoms with Crippen molar-refractivity contribution in [3.05, 3.63) is 47.5 Å². The van der Waals surface area contributed by atoms with Gasteiger partial charge in [0.05, 0.1) is 19.9 Å². The van der Waals surface area contributed by atoms with Gasteiger partial charge in [-0.2, -0.15) is 0 Å². The Morgan fingerprint density at radius 2 is 1.91 bits per heavy atom. The molecule has 0 atom stereocenters. The molecule has 0 spiro atoms. The van der Waals surface area contributed by atoms with E-state index in [9.17, 15) is 9.90 Å². The van der Waals surface area contributed by atoms with Gasteiger partial charge in [0.15, 0.2) is 11.5 Å². The average Bonchev–Trinajstić information content (AvgIpc) is 2.82. The third-order valence-corrected chi connectivity index (χ3v) is 3.52. The summed E-state index contributed by atoms with van der Waals surface area (Å²) in [7, 11) is 3.07. The summed E-state index contributed by atoms with van der Waals surface area (Å²) in [5.41, 5.74) is 2.78. The predicted octanol–water partition coefficient (Wildman–Crippen LogP) is 2.90. The smallest absolute Gasteiger partial charge is 0.256 e. The number of phenolic OH excluding ortho intramolecular Hbond substituents is 1.